The highest BCUT2D eigenvalue weighted by Gasteiger charge is 2.21. The summed E-state index contributed by atoms with van der Waals surface area (Å²) in [5, 5.41) is 19.8. The summed E-state index contributed by atoms with van der Waals surface area (Å²) in [7, 11) is 0. The van der Waals surface area contributed by atoms with Gasteiger partial charge in [-0.15, -0.1) is 11.3 Å². The molecule has 0 bridgehead atoms. The Labute approximate surface area is 186 Å². The van der Waals surface area contributed by atoms with Crippen molar-refractivity contribution in [1.29, 1.82) is 0 Å². The first-order chi connectivity index (χ1) is 15.5. The Kier molecular flexibility index (Phi) is 4.80. The third-order valence-electron chi connectivity index (χ3n) is 5.06. The molecule has 2 N–H and O–H groups in total. The molecule has 3 aromatic carbocycles. The van der Waals surface area contributed by atoms with E-state index < -0.39 is 5.97 Å². The highest BCUT2D eigenvalue weighted by atomic mass is 32.1. The van der Waals surface area contributed by atoms with Crippen LogP contribution in [-0.2, 0) is 0 Å². The summed E-state index contributed by atoms with van der Waals surface area (Å²) >= 11 is 1.34. The molecule has 0 amide bonds. The molecule has 0 saturated heterocycles. The molecule has 0 aliphatic rings. The van der Waals surface area contributed by atoms with E-state index in [1.165, 1.54) is 11.3 Å². The molecule has 5 aromatic rings. The fraction of sp³-hybridized carbons (Fsp3) is 0. The number of aromatic hydroxyl groups is 1. The lowest BCUT2D eigenvalue weighted by Gasteiger charge is -2.06. The summed E-state index contributed by atoms with van der Waals surface area (Å²) in [5.74, 6) is -0.912. The lowest BCUT2D eigenvalue weighted by molar-refractivity contribution is 0.0690. The van der Waals surface area contributed by atoms with E-state index >= 15 is 0 Å². The topological polar surface area (TPSA) is 101 Å². The molecule has 0 spiro atoms. The summed E-state index contributed by atoms with van der Waals surface area (Å²) in [4.78, 5) is 28.9. The van der Waals surface area contributed by atoms with E-state index in [0.29, 0.717) is 16.0 Å². The average Bonchev–Trinajstić information content (AvgIpc) is 3.44. The Morgan fingerprint density at radius 1 is 0.906 bits per heavy atom. The first kappa shape index (κ1) is 19.7. The zero-order valence-corrected chi connectivity index (χ0v) is 17.3. The maximum atomic E-state index is 13.3. The molecular formula is C25H15NO5S. The van der Waals surface area contributed by atoms with Crippen molar-refractivity contribution < 1.29 is 24.2 Å². The summed E-state index contributed by atoms with van der Waals surface area (Å²) in [5.41, 5.74) is 2.64. The van der Waals surface area contributed by atoms with Gasteiger partial charge in [0.25, 0.3) is 0 Å². The zero-order valence-electron chi connectivity index (χ0n) is 16.5. The monoisotopic (exact) mass is 441 g/mol. The van der Waals surface area contributed by atoms with Gasteiger partial charge in [0.1, 0.15) is 12.0 Å². The van der Waals surface area contributed by atoms with Gasteiger partial charge in [0.05, 0.1) is 4.88 Å². The SMILES string of the molecule is O=C(O)c1coc(-c2ccc(-c3c(C(=O)c4ccccc4)sc4cc(O)ccc34)cc2)n1. The number of phenolic OH excluding ortho intramolecular Hbond substituents is 1. The number of aromatic carboxylic acids is 1. The number of ketones is 1. The quantitative estimate of drug-likeness (QED) is 0.331. The van der Waals surface area contributed by atoms with Crippen molar-refractivity contribution in [3.8, 4) is 28.3 Å². The lowest BCUT2D eigenvalue weighted by atomic mass is 9.97. The Hall–Kier alpha value is -4.23. The molecule has 0 atom stereocenters. The van der Waals surface area contributed by atoms with Crippen LogP contribution >= 0.6 is 11.3 Å². The molecule has 0 aliphatic heterocycles. The molecule has 0 aliphatic carbocycles. The van der Waals surface area contributed by atoms with Crippen molar-refractivity contribution in [2.75, 3.05) is 0 Å². The minimum atomic E-state index is -1.16. The first-order valence-electron chi connectivity index (χ1n) is 9.66. The van der Waals surface area contributed by atoms with E-state index in [4.69, 9.17) is 9.52 Å². The second-order valence-corrected chi connectivity index (χ2v) is 8.15. The number of fused-ring (bicyclic) bond motifs is 1. The number of carboxylic acids is 1. The van der Waals surface area contributed by atoms with Gasteiger partial charge in [-0.25, -0.2) is 9.78 Å². The lowest BCUT2D eigenvalue weighted by Crippen LogP contribution is -2.00. The number of carboxylic acid groups (broad SMARTS) is 1. The maximum Gasteiger partial charge on any atom is 0.357 e. The van der Waals surface area contributed by atoms with E-state index in [-0.39, 0.29) is 23.1 Å². The Morgan fingerprint density at radius 2 is 1.62 bits per heavy atom. The van der Waals surface area contributed by atoms with Crippen LogP contribution in [0.1, 0.15) is 25.7 Å². The third kappa shape index (κ3) is 3.44. The summed E-state index contributed by atoms with van der Waals surface area (Å²) < 4.78 is 6.08. The van der Waals surface area contributed by atoms with E-state index in [9.17, 15) is 14.7 Å². The standard InChI is InChI=1S/C25H15NO5S/c27-17-10-11-18-20(12-17)32-23(22(28)15-4-2-1-3-5-15)21(18)14-6-8-16(9-7-14)24-26-19(13-31-24)25(29)30/h1-13,27H,(H,29,30). The largest absolute Gasteiger partial charge is 0.508 e. The van der Waals surface area contributed by atoms with Crippen LogP contribution in [0, 0.1) is 0 Å². The zero-order chi connectivity index (χ0) is 22.2. The van der Waals surface area contributed by atoms with Gasteiger partial charge >= 0.3 is 5.97 Å². The van der Waals surface area contributed by atoms with Crippen LogP contribution in [0.25, 0.3) is 32.7 Å². The van der Waals surface area contributed by atoms with Crippen molar-refractivity contribution in [3.05, 3.63) is 95.2 Å². The summed E-state index contributed by atoms with van der Waals surface area (Å²) in [6, 6.07) is 21.3. The molecule has 0 unspecified atom stereocenters. The number of rotatable bonds is 5. The predicted octanol–water partition coefficient (Wildman–Crippen LogP) is 5.86. The molecular weight excluding hydrogens is 426 g/mol. The maximum absolute atomic E-state index is 13.3. The fourth-order valence-electron chi connectivity index (χ4n) is 3.54. The summed E-state index contributed by atoms with van der Waals surface area (Å²) in [6.45, 7) is 0. The van der Waals surface area contributed by atoms with Crippen LogP contribution in [0.4, 0.5) is 0 Å². The number of thiophene rings is 1. The van der Waals surface area contributed by atoms with Crippen LogP contribution < -0.4 is 0 Å². The molecule has 2 heterocycles. The van der Waals surface area contributed by atoms with Crippen LogP contribution in [0.5, 0.6) is 5.75 Å². The van der Waals surface area contributed by atoms with Gasteiger partial charge < -0.3 is 14.6 Å². The number of oxazole rings is 1. The predicted molar refractivity (Wildman–Crippen MR) is 121 cm³/mol. The van der Waals surface area contributed by atoms with Gasteiger partial charge in [-0.3, -0.25) is 4.79 Å². The number of carbonyl (C=O) groups is 2. The van der Waals surface area contributed by atoms with Gasteiger partial charge in [-0.05, 0) is 35.9 Å². The molecule has 0 radical (unpaired) electrons. The number of aromatic nitrogens is 1. The Balaban J connectivity index is 1.62. The van der Waals surface area contributed by atoms with Crippen LogP contribution in [0.2, 0.25) is 0 Å². The van der Waals surface area contributed by atoms with Crippen LogP contribution in [0.3, 0.4) is 0 Å². The Bertz CT molecular complexity index is 1470. The second kappa shape index (κ2) is 7.79. The normalized spacial score (nSPS) is 11.0. The van der Waals surface area contributed by atoms with E-state index in [1.807, 2.05) is 30.3 Å². The van der Waals surface area contributed by atoms with Crippen molar-refractivity contribution >= 4 is 33.2 Å². The molecule has 7 heteroatoms. The molecule has 32 heavy (non-hydrogen) atoms. The minimum Gasteiger partial charge on any atom is -0.508 e. The smallest absolute Gasteiger partial charge is 0.357 e. The van der Waals surface area contributed by atoms with Gasteiger partial charge in [0, 0.05) is 26.8 Å². The van der Waals surface area contributed by atoms with Gasteiger partial charge in [-0.1, -0.05) is 42.5 Å². The highest BCUT2D eigenvalue weighted by Crippen LogP contribution is 2.41. The van der Waals surface area contributed by atoms with Crippen LogP contribution in [-0.4, -0.2) is 26.9 Å². The average molecular weight is 441 g/mol. The molecule has 0 saturated carbocycles. The van der Waals surface area contributed by atoms with Gasteiger partial charge in [-0.2, -0.15) is 0 Å². The highest BCUT2D eigenvalue weighted by molar-refractivity contribution is 7.21. The van der Waals surface area contributed by atoms with Crippen molar-refractivity contribution in [2.45, 2.75) is 0 Å². The van der Waals surface area contributed by atoms with Gasteiger partial charge in [0.2, 0.25) is 11.7 Å². The number of nitrogens with zero attached hydrogens (tertiary/aromatic N) is 1. The third-order valence-corrected chi connectivity index (χ3v) is 6.21. The van der Waals surface area contributed by atoms with Crippen LogP contribution in [0.15, 0.2) is 83.5 Å². The molecule has 6 nitrogen and oxygen atoms in total. The van der Waals surface area contributed by atoms with E-state index in [1.54, 1.807) is 42.5 Å². The number of carbonyl (C=O) groups excluding carboxylic acids is 1. The minimum absolute atomic E-state index is 0.0934. The molecule has 0 fully saturated rings. The molecule has 5 rings (SSSR count). The van der Waals surface area contributed by atoms with Gasteiger partial charge in [0.15, 0.2) is 5.69 Å². The number of hydrogen-bond acceptors (Lipinski definition) is 6. The Morgan fingerprint density at radius 3 is 2.31 bits per heavy atom. The van der Waals surface area contributed by atoms with Crippen molar-refractivity contribution in [3.63, 3.8) is 0 Å². The number of phenols is 1. The van der Waals surface area contributed by atoms with Crippen molar-refractivity contribution in [2.24, 2.45) is 0 Å². The first-order valence-corrected chi connectivity index (χ1v) is 10.5. The fourth-order valence-corrected chi connectivity index (χ4v) is 4.76. The number of hydrogen-bond donors (Lipinski definition) is 2. The molecule has 2 aromatic heterocycles. The van der Waals surface area contributed by atoms with E-state index in [0.717, 1.165) is 27.5 Å². The van der Waals surface area contributed by atoms with Crippen molar-refractivity contribution in [1.82, 2.24) is 4.98 Å². The second-order valence-electron chi connectivity index (χ2n) is 7.10. The summed E-state index contributed by atoms with van der Waals surface area (Å²) in [6.07, 6.45) is 1.10. The van der Waals surface area contributed by atoms with E-state index in [2.05, 4.69) is 4.98 Å². The number of benzene rings is 3. The molecule has 156 valence electrons.